The van der Waals surface area contributed by atoms with Gasteiger partial charge in [-0.3, -0.25) is 0 Å². The summed E-state index contributed by atoms with van der Waals surface area (Å²) in [4.78, 5) is 0. The van der Waals surface area contributed by atoms with Gasteiger partial charge in [-0.05, 0) is 84.8 Å². The molecule has 2 atom stereocenters. The fraction of sp³-hybridized carbons (Fsp3) is 0.692. The number of allylic oxidation sites excluding steroid dienone is 1. The molecule has 0 N–H and O–H groups in total. The number of aryl methyl sites for hydroxylation is 2. The molecular weight excluding hydrogens is 312 g/mol. The summed E-state index contributed by atoms with van der Waals surface area (Å²) in [5.74, 6) is 0.789. The molecular formula is C26H38. The third kappa shape index (κ3) is 3.67. The van der Waals surface area contributed by atoms with Crippen LogP contribution < -0.4 is 0 Å². The largest absolute Gasteiger partial charge is 0.0808 e. The zero-order chi connectivity index (χ0) is 18.0. The molecule has 0 nitrogen and oxygen atoms in total. The minimum Gasteiger partial charge on any atom is -0.0808 e. The molecule has 1 aromatic carbocycles. The van der Waals surface area contributed by atoms with Gasteiger partial charge in [0, 0.05) is 0 Å². The average molecular weight is 351 g/mol. The molecule has 0 radical (unpaired) electrons. The highest BCUT2D eigenvalue weighted by Crippen LogP contribution is 2.55. The lowest BCUT2D eigenvalue weighted by molar-refractivity contribution is 0.0344. The van der Waals surface area contributed by atoms with Gasteiger partial charge in [0.05, 0.1) is 0 Å². The molecule has 2 unspecified atom stereocenters. The zero-order valence-electron chi connectivity index (χ0n) is 17.2. The highest BCUT2D eigenvalue weighted by atomic mass is 14.5. The molecule has 3 aliphatic carbocycles. The minimum atomic E-state index is 0.565. The minimum absolute atomic E-state index is 0.565. The molecule has 2 fully saturated rings. The van der Waals surface area contributed by atoms with Gasteiger partial charge in [-0.1, -0.05) is 76.3 Å². The smallest absolute Gasteiger partial charge is 0.0230 e. The van der Waals surface area contributed by atoms with Crippen molar-refractivity contribution in [2.24, 2.45) is 16.7 Å². The third-order valence-corrected chi connectivity index (χ3v) is 8.49. The molecule has 0 aromatic heterocycles. The standard InChI is InChI=1S/C26H38/c1-25(16-5-3-4-6-17-25)26(2)18-7-8-21(15-19-26)9-10-22-11-12-23-13-14-24(23)20-22/h9-12,20-21H,3-8,13-19H2,1-2H3/b10-9-. The first kappa shape index (κ1) is 18.3. The van der Waals surface area contributed by atoms with Gasteiger partial charge in [-0.15, -0.1) is 0 Å². The molecule has 3 aliphatic rings. The third-order valence-electron chi connectivity index (χ3n) is 8.49. The van der Waals surface area contributed by atoms with E-state index < -0.39 is 0 Å². The first-order valence-corrected chi connectivity index (χ1v) is 11.4. The fourth-order valence-corrected chi connectivity index (χ4v) is 6.00. The van der Waals surface area contributed by atoms with Crippen LogP contribution in [0.2, 0.25) is 0 Å². The summed E-state index contributed by atoms with van der Waals surface area (Å²) in [7, 11) is 0. The molecule has 2 saturated carbocycles. The summed E-state index contributed by atoms with van der Waals surface area (Å²) >= 11 is 0. The van der Waals surface area contributed by atoms with Crippen molar-refractivity contribution in [2.45, 2.75) is 97.3 Å². The Morgan fingerprint density at radius 2 is 1.46 bits per heavy atom. The summed E-state index contributed by atoms with van der Waals surface area (Å²) < 4.78 is 0. The van der Waals surface area contributed by atoms with Crippen LogP contribution in [-0.2, 0) is 12.8 Å². The van der Waals surface area contributed by atoms with Gasteiger partial charge in [-0.25, -0.2) is 0 Å². The van der Waals surface area contributed by atoms with E-state index in [0.717, 1.165) is 5.92 Å². The molecule has 0 aliphatic heterocycles. The van der Waals surface area contributed by atoms with Crippen molar-refractivity contribution in [1.82, 2.24) is 0 Å². The number of hydrogen-bond acceptors (Lipinski definition) is 0. The molecule has 0 amide bonds. The monoisotopic (exact) mass is 350 g/mol. The van der Waals surface area contributed by atoms with Gasteiger partial charge >= 0.3 is 0 Å². The highest BCUT2D eigenvalue weighted by Gasteiger charge is 2.44. The molecule has 1 aromatic rings. The normalized spacial score (nSPS) is 31.7. The maximum absolute atomic E-state index is 2.64. The van der Waals surface area contributed by atoms with Gasteiger partial charge in [0.1, 0.15) is 0 Å². The van der Waals surface area contributed by atoms with Crippen molar-refractivity contribution < 1.29 is 0 Å². The Hall–Kier alpha value is -1.04. The van der Waals surface area contributed by atoms with Crippen LogP contribution in [0.5, 0.6) is 0 Å². The molecule has 0 heterocycles. The Kier molecular flexibility index (Phi) is 5.31. The van der Waals surface area contributed by atoms with E-state index >= 15 is 0 Å². The van der Waals surface area contributed by atoms with Gasteiger partial charge in [-0.2, -0.15) is 0 Å². The average Bonchev–Trinajstić information content (AvgIpc) is 2.95. The van der Waals surface area contributed by atoms with E-state index in [9.17, 15) is 0 Å². The van der Waals surface area contributed by atoms with E-state index in [2.05, 4.69) is 44.2 Å². The summed E-state index contributed by atoms with van der Waals surface area (Å²) in [6.45, 7) is 5.28. The van der Waals surface area contributed by atoms with Crippen LogP contribution in [0.15, 0.2) is 24.3 Å². The lowest BCUT2D eigenvalue weighted by Crippen LogP contribution is -2.37. The first-order valence-electron chi connectivity index (χ1n) is 11.4. The van der Waals surface area contributed by atoms with E-state index in [1.807, 2.05) is 0 Å². The van der Waals surface area contributed by atoms with Crippen LogP contribution in [0.4, 0.5) is 0 Å². The lowest BCUT2D eigenvalue weighted by atomic mass is 9.58. The molecule has 0 bridgehead atoms. The Labute approximate surface area is 161 Å². The number of benzene rings is 1. The second kappa shape index (κ2) is 7.53. The maximum atomic E-state index is 2.64. The van der Waals surface area contributed by atoms with E-state index in [-0.39, 0.29) is 0 Å². The SMILES string of the molecule is CC1(C2(C)CCCC(/C=C\c3ccc4c(c3)CC4)CC2)CCCCCC1. The van der Waals surface area contributed by atoms with Crippen LogP contribution in [0.3, 0.4) is 0 Å². The van der Waals surface area contributed by atoms with Crippen molar-refractivity contribution in [2.75, 3.05) is 0 Å². The number of fused-ring (bicyclic) bond motifs is 1. The van der Waals surface area contributed by atoms with Crippen LogP contribution in [0.25, 0.3) is 6.08 Å². The van der Waals surface area contributed by atoms with Crippen molar-refractivity contribution in [3.63, 3.8) is 0 Å². The van der Waals surface area contributed by atoms with Gasteiger partial charge in [0.15, 0.2) is 0 Å². The molecule has 0 heteroatoms. The zero-order valence-corrected chi connectivity index (χ0v) is 17.2. The Balaban J connectivity index is 1.40. The van der Waals surface area contributed by atoms with Gasteiger partial charge in [0.25, 0.3) is 0 Å². The number of rotatable bonds is 3. The summed E-state index contributed by atoms with van der Waals surface area (Å²) in [5, 5.41) is 0. The van der Waals surface area contributed by atoms with Crippen LogP contribution in [-0.4, -0.2) is 0 Å². The molecule has 4 rings (SSSR count). The predicted octanol–water partition coefficient (Wildman–Crippen LogP) is 7.75. The van der Waals surface area contributed by atoms with E-state index in [4.69, 9.17) is 0 Å². The lowest BCUT2D eigenvalue weighted by Gasteiger charge is -2.47. The van der Waals surface area contributed by atoms with Crippen molar-refractivity contribution in [1.29, 1.82) is 0 Å². The quantitative estimate of drug-likeness (QED) is 0.489. The van der Waals surface area contributed by atoms with Crippen LogP contribution in [0.1, 0.15) is 101 Å². The highest BCUT2D eigenvalue weighted by molar-refractivity contribution is 5.54. The second-order valence-electron chi connectivity index (χ2n) is 10.1. The van der Waals surface area contributed by atoms with Crippen molar-refractivity contribution in [3.05, 3.63) is 41.0 Å². The van der Waals surface area contributed by atoms with Crippen molar-refractivity contribution in [3.8, 4) is 0 Å². The Morgan fingerprint density at radius 1 is 0.769 bits per heavy atom. The second-order valence-corrected chi connectivity index (χ2v) is 10.1. The van der Waals surface area contributed by atoms with E-state index in [1.165, 1.54) is 89.0 Å². The van der Waals surface area contributed by atoms with Crippen molar-refractivity contribution >= 4 is 6.08 Å². The predicted molar refractivity (Wildman–Crippen MR) is 113 cm³/mol. The van der Waals surface area contributed by atoms with Crippen LogP contribution >= 0.6 is 0 Å². The summed E-state index contributed by atoms with van der Waals surface area (Å²) in [6.07, 6.45) is 23.5. The molecule has 26 heavy (non-hydrogen) atoms. The van der Waals surface area contributed by atoms with Crippen LogP contribution in [0, 0.1) is 16.7 Å². The Bertz CT molecular complexity index is 644. The van der Waals surface area contributed by atoms with E-state index in [1.54, 1.807) is 11.1 Å². The summed E-state index contributed by atoms with van der Waals surface area (Å²) in [6, 6.07) is 7.08. The Morgan fingerprint density at radius 3 is 2.15 bits per heavy atom. The number of hydrogen-bond donors (Lipinski definition) is 0. The maximum Gasteiger partial charge on any atom is -0.0230 e. The molecule has 0 spiro atoms. The topological polar surface area (TPSA) is 0 Å². The fourth-order valence-electron chi connectivity index (χ4n) is 6.00. The molecule has 0 saturated heterocycles. The first-order chi connectivity index (χ1) is 12.6. The molecule has 142 valence electrons. The summed E-state index contributed by atoms with van der Waals surface area (Å²) in [5.41, 5.74) is 5.73. The van der Waals surface area contributed by atoms with E-state index in [0.29, 0.717) is 10.8 Å². The van der Waals surface area contributed by atoms with Gasteiger partial charge < -0.3 is 0 Å². The van der Waals surface area contributed by atoms with Gasteiger partial charge in [0.2, 0.25) is 0 Å².